The number of aliphatic hydroxyl groups excluding tert-OH is 2. The van der Waals surface area contributed by atoms with Crippen LogP contribution in [0.15, 0.2) is 60.2 Å². The first kappa shape index (κ1) is 31.5. The normalized spacial score (nSPS) is 28.0. The Labute approximate surface area is 259 Å². The summed E-state index contributed by atoms with van der Waals surface area (Å²) in [5, 5.41) is 24.5. The summed E-state index contributed by atoms with van der Waals surface area (Å²) in [5.74, 6) is 0.790. The number of nitrogens with zero attached hydrogens (tertiary/aromatic N) is 1. The van der Waals surface area contributed by atoms with Gasteiger partial charge in [-0.25, -0.2) is 0 Å². The summed E-state index contributed by atoms with van der Waals surface area (Å²) in [5.41, 5.74) is 2.03. The standard InChI is InChI=1S/C34H43ClN2O6/c1-20(2)24-13-8-21(3)16-29(24)42-19-30(39)37(18-22-9-11-23(35)12-10-22)27-17-26(34(41)36-14-15-38)31-25-6-4-5-7-28(25)43-33(31)32(27)40/h4-7,9-12,17,20-21,24,27,29,31-33,38,40H,8,13-16,18-19H2,1-3H3,(H,36,41)/t21-,24+,27+,29-,31-,32-,33-/m0/s1. The molecule has 7 atom stereocenters. The molecule has 0 bridgehead atoms. The molecule has 0 spiro atoms. The summed E-state index contributed by atoms with van der Waals surface area (Å²) in [7, 11) is 0. The van der Waals surface area contributed by atoms with E-state index in [1.54, 1.807) is 23.1 Å². The van der Waals surface area contributed by atoms with Gasteiger partial charge in [-0.2, -0.15) is 0 Å². The number of carbonyl (C=O) groups excluding carboxylic acids is 2. The number of para-hydroxylation sites is 1. The molecule has 1 heterocycles. The van der Waals surface area contributed by atoms with E-state index in [1.165, 1.54) is 0 Å². The van der Waals surface area contributed by atoms with E-state index in [-0.39, 0.29) is 44.2 Å². The number of nitrogens with one attached hydrogen (secondary N) is 1. The molecular weight excluding hydrogens is 568 g/mol. The molecule has 2 amide bonds. The zero-order valence-corrected chi connectivity index (χ0v) is 25.9. The van der Waals surface area contributed by atoms with Crippen LogP contribution >= 0.6 is 11.6 Å². The third kappa shape index (κ3) is 6.93. The van der Waals surface area contributed by atoms with Gasteiger partial charge >= 0.3 is 0 Å². The Balaban J connectivity index is 1.47. The van der Waals surface area contributed by atoms with Crippen molar-refractivity contribution in [3.63, 3.8) is 0 Å². The molecule has 3 N–H and O–H groups in total. The second-order valence-electron chi connectivity index (χ2n) is 12.5. The molecule has 3 aliphatic rings. The summed E-state index contributed by atoms with van der Waals surface area (Å²) in [6.07, 6.45) is 2.93. The fraction of sp³-hybridized carbons (Fsp3) is 0.529. The number of fused-ring (bicyclic) bond motifs is 3. The Morgan fingerprint density at radius 3 is 2.60 bits per heavy atom. The van der Waals surface area contributed by atoms with Gasteiger partial charge in [0.15, 0.2) is 0 Å². The molecular formula is C34H43ClN2O6. The van der Waals surface area contributed by atoms with Gasteiger partial charge in [0.25, 0.3) is 0 Å². The highest BCUT2D eigenvalue weighted by Crippen LogP contribution is 2.47. The molecule has 9 heteroatoms. The minimum atomic E-state index is -1.11. The quantitative estimate of drug-likeness (QED) is 0.366. The summed E-state index contributed by atoms with van der Waals surface area (Å²) in [6, 6.07) is 13.8. The van der Waals surface area contributed by atoms with E-state index in [2.05, 4.69) is 26.1 Å². The Hall–Kier alpha value is -2.91. The first-order valence-corrected chi connectivity index (χ1v) is 15.8. The number of hydrogen-bond acceptors (Lipinski definition) is 6. The number of rotatable bonds is 10. The third-order valence-electron chi connectivity index (χ3n) is 9.21. The van der Waals surface area contributed by atoms with Gasteiger partial charge in [-0.15, -0.1) is 0 Å². The summed E-state index contributed by atoms with van der Waals surface area (Å²) in [6.45, 7) is 6.56. The van der Waals surface area contributed by atoms with Crippen molar-refractivity contribution in [2.75, 3.05) is 19.8 Å². The fourth-order valence-corrected chi connectivity index (χ4v) is 7.03. The van der Waals surface area contributed by atoms with Crippen LogP contribution in [-0.2, 0) is 20.9 Å². The van der Waals surface area contributed by atoms with Gasteiger partial charge in [-0.05, 0) is 60.4 Å². The van der Waals surface area contributed by atoms with Crippen molar-refractivity contribution in [3.8, 4) is 5.75 Å². The Kier molecular flexibility index (Phi) is 10.1. The predicted molar refractivity (Wildman–Crippen MR) is 165 cm³/mol. The van der Waals surface area contributed by atoms with Crippen molar-refractivity contribution in [2.45, 2.75) is 76.9 Å². The molecule has 1 saturated carbocycles. The van der Waals surface area contributed by atoms with Crippen LogP contribution in [0.5, 0.6) is 5.75 Å². The largest absolute Gasteiger partial charge is 0.486 e. The number of hydrogen-bond donors (Lipinski definition) is 3. The van der Waals surface area contributed by atoms with Crippen LogP contribution in [0.3, 0.4) is 0 Å². The first-order valence-electron chi connectivity index (χ1n) is 15.4. The maximum atomic E-state index is 14.1. The molecule has 2 aromatic rings. The fourth-order valence-electron chi connectivity index (χ4n) is 6.91. The number of amides is 2. The Morgan fingerprint density at radius 1 is 1.14 bits per heavy atom. The number of aliphatic hydroxyl groups is 2. The maximum Gasteiger partial charge on any atom is 0.249 e. The highest BCUT2D eigenvalue weighted by Gasteiger charge is 2.50. The van der Waals surface area contributed by atoms with E-state index in [4.69, 9.17) is 21.1 Å². The van der Waals surface area contributed by atoms with Crippen LogP contribution in [0.25, 0.3) is 0 Å². The van der Waals surface area contributed by atoms with Crippen molar-refractivity contribution < 1.29 is 29.3 Å². The molecule has 232 valence electrons. The van der Waals surface area contributed by atoms with Gasteiger partial charge in [0.1, 0.15) is 24.6 Å². The van der Waals surface area contributed by atoms with E-state index in [9.17, 15) is 19.8 Å². The third-order valence-corrected chi connectivity index (χ3v) is 9.46. The van der Waals surface area contributed by atoms with Crippen LogP contribution in [0.1, 0.15) is 57.1 Å². The van der Waals surface area contributed by atoms with Gasteiger partial charge in [0.2, 0.25) is 11.8 Å². The van der Waals surface area contributed by atoms with Crippen molar-refractivity contribution in [3.05, 3.63) is 76.3 Å². The molecule has 0 aromatic heterocycles. The van der Waals surface area contributed by atoms with Gasteiger partial charge in [-0.3, -0.25) is 9.59 Å². The number of halogens is 1. The Morgan fingerprint density at radius 2 is 1.88 bits per heavy atom. The lowest BCUT2D eigenvalue weighted by atomic mass is 9.75. The molecule has 8 nitrogen and oxygen atoms in total. The van der Waals surface area contributed by atoms with Crippen LogP contribution in [0.2, 0.25) is 5.02 Å². The first-order chi connectivity index (χ1) is 20.7. The van der Waals surface area contributed by atoms with Crippen molar-refractivity contribution in [1.29, 1.82) is 0 Å². The number of ether oxygens (including phenoxy) is 2. The average Bonchev–Trinajstić information content (AvgIpc) is 3.39. The minimum Gasteiger partial charge on any atom is -0.486 e. The minimum absolute atomic E-state index is 0.0197. The molecule has 1 aliphatic heterocycles. The predicted octanol–water partition coefficient (Wildman–Crippen LogP) is 4.47. The maximum absolute atomic E-state index is 14.1. The Bertz CT molecular complexity index is 1310. The van der Waals surface area contributed by atoms with E-state index in [0.717, 1.165) is 30.4 Å². The lowest BCUT2D eigenvalue weighted by Crippen LogP contribution is -2.56. The number of benzene rings is 2. The SMILES string of the molecule is CC(C)[C@H]1CC[C@H](C)C[C@@H]1OCC(=O)N(Cc1ccc(Cl)cc1)[C@@H]1C=C(C(=O)NCCO)[C@@H]2c3ccccc3O[C@@H]2[C@H]1O. The van der Waals surface area contributed by atoms with Crippen LogP contribution in [0.4, 0.5) is 0 Å². The lowest BCUT2D eigenvalue weighted by molar-refractivity contribution is -0.148. The summed E-state index contributed by atoms with van der Waals surface area (Å²) < 4.78 is 12.6. The highest BCUT2D eigenvalue weighted by atomic mass is 35.5. The monoisotopic (exact) mass is 610 g/mol. The number of carbonyl (C=O) groups is 2. The van der Waals surface area contributed by atoms with Crippen molar-refractivity contribution in [1.82, 2.24) is 10.2 Å². The molecule has 1 fully saturated rings. The molecule has 0 unspecified atom stereocenters. The lowest BCUT2D eigenvalue weighted by Gasteiger charge is -2.41. The van der Waals surface area contributed by atoms with E-state index >= 15 is 0 Å². The highest BCUT2D eigenvalue weighted by molar-refractivity contribution is 6.30. The zero-order valence-electron chi connectivity index (χ0n) is 25.1. The smallest absolute Gasteiger partial charge is 0.249 e. The van der Waals surface area contributed by atoms with Gasteiger partial charge in [0, 0.05) is 29.2 Å². The molecule has 0 saturated heterocycles. The zero-order chi connectivity index (χ0) is 30.7. The van der Waals surface area contributed by atoms with E-state index < -0.39 is 24.2 Å². The molecule has 5 rings (SSSR count). The molecule has 2 aromatic carbocycles. The second-order valence-corrected chi connectivity index (χ2v) is 12.9. The van der Waals surface area contributed by atoms with E-state index in [0.29, 0.717) is 34.1 Å². The second kappa shape index (κ2) is 13.8. The van der Waals surface area contributed by atoms with Gasteiger partial charge < -0.3 is 29.9 Å². The summed E-state index contributed by atoms with van der Waals surface area (Å²) in [4.78, 5) is 29.1. The van der Waals surface area contributed by atoms with Gasteiger partial charge in [0.05, 0.1) is 24.7 Å². The van der Waals surface area contributed by atoms with Crippen molar-refractivity contribution >= 4 is 23.4 Å². The van der Waals surface area contributed by atoms with Crippen LogP contribution < -0.4 is 10.1 Å². The molecule has 43 heavy (non-hydrogen) atoms. The molecule has 0 radical (unpaired) electrons. The average molecular weight is 611 g/mol. The van der Waals surface area contributed by atoms with Gasteiger partial charge in [-0.1, -0.05) is 69.1 Å². The van der Waals surface area contributed by atoms with Crippen molar-refractivity contribution in [2.24, 2.45) is 17.8 Å². The topological polar surface area (TPSA) is 108 Å². The summed E-state index contributed by atoms with van der Waals surface area (Å²) >= 11 is 6.14. The van der Waals surface area contributed by atoms with Crippen LogP contribution in [0, 0.1) is 17.8 Å². The molecule has 2 aliphatic carbocycles. The van der Waals surface area contributed by atoms with Crippen LogP contribution in [-0.4, -0.2) is 71.0 Å². The van der Waals surface area contributed by atoms with E-state index in [1.807, 2.05) is 36.4 Å².